The Labute approximate surface area is 204 Å². The lowest BCUT2D eigenvalue weighted by atomic mass is 10.2. The zero-order valence-corrected chi connectivity index (χ0v) is 19.5. The number of primary amides is 1. The van der Waals surface area contributed by atoms with Crippen molar-refractivity contribution in [1.82, 2.24) is 29.5 Å². The van der Waals surface area contributed by atoms with E-state index in [0.717, 1.165) is 36.6 Å². The van der Waals surface area contributed by atoms with Crippen molar-refractivity contribution in [2.45, 2.75) is 20.4 Å². The van der Waals surface area contributed by atoms with Crippen LogP contribution in [0, 0.1) is 5.92 Å². The van der Waals surface area contributed by atoms with Crippen molar-refractivity contribution in [3.05, 3.63) is 24.5 Å². The van der Waals surface area contributed by atoms with E-state index in [0.29, 0.717) is 30.5 Å². The molecule has 194 valence electrons. The van der Waals surface area contributed by atoms with Crippen molar-refractivity contribution < 1.29 is 39.5 Å². The molecule has 0 bridgehead atoms. The Morgan fingerprint density at radius 3 is 2.06 bits per heavy atom. The van der Waals surface area contributed by atoms with Gasteiger partial charge in [0.15, 0.2) is 22.8 Å². The Morgan fingerprint density at radius 2 is 1.56 bits per heavy atom. The molecule has 16 heteroatoms. The number of anilines is 1. The van der Waals surface area contributed by atoms with Crippen LogP contribution < -0.4 is 10.6 Å². The van der Waals surface area contributed by atoms with Crippen LogP contribution >= 0.6 is 0 Å². The number of imidazole rings is 1. The van der Waals surface area contributed by atoms with Crippen molar-refractivity contribution in [3.63, 3.8) is 0 Å². The van der Waals surface area contributed by atoms with Gasteiger partial charge < -0.3 is 40.4 Å². The van der Waals surface area contributed by atoms with E-state index in [1.54, 1.807) is 6.33 Å². The number of rotatable bonds is 5. The van der Waals surface area contributed by atoms with E-state index in [4.69, 9.17) is 50.5 Å². The summed E-state index contributed by atoms with van der Waals surface area (Å²) in [4.78, 5) is 52.6. The third kappa shape index (κ3) is 8.01. The van der Waals surface area contributed by atoms with Gasteiger partial charge in [-0.25, -0.2) is 34.5 Å². The molecule has 36 heavy (non-hydrogen) atoms. The molecule has 6 N–H and O–H groups in total. The highest BCUT2D eigenvalue weighted by atomic mass is 16.6. The first-order chi connectivity index (χ1) is 17.0. The number of hydrogen-bond acceptors (Lipinski definition) is 10. The van der Waals surface area contributed by atoms with E-state index < -0.39 is 18.2 Å². The zero-order chi connectivity index (χ0) is 26.8. The summed E-state index contributed by atoms with van der Waals surface area (Å²) < 4.78 is 7.50. The first kappa shape index (κ1) is 27.6. The number of morpholine rings is 1. The lowest BCUT2D eigenvalue weighted by Gasteiger charge is -2.28. The molecule has 0 radical (unpaired) electrons. The summed E-state index contributed by atoms with van der Waals surface area (Å²) in [5.74, 6) is 0.983. The third-order valence-corrected chi connectivity index (χ3v) is 4.45. The van der Waals surface area contributed by atoms with Crippen LogP contribution in [0.2, 0.25) is 0 Å². The Bertz CT molecular complexity index is 1170. The van der Waals surface area contributed by atoms with Crippen LogP contribution in [0.1, 0.15) is 24.5 Å². The van der Waals surface area contributed by atoms with Crippen LogP contribution in [-0.4, -0.2) is 94.4 Å². The maximum atomic E-state index is 11.2. The SMILES string of the molecule is CC(C)Cn1cnc2c(N3CCOCC3)nc(-c3cnc(C(N)=O)nc3)nc21.O=C(O)O.O=C(O)O. The van der Waals surface area contributed by atoms with E-state index in [1.807, 2.05) is 4.57 Å². The predicted octanol–water partition coefficient (Wildman–Crippen LogP) is 1.32. The molecule has 1 saturated heterocycles. The normalized spacial score (nSPS) is 12.8. The zero-order valence-electron chi connectivity index (χ0n) is 19.5. The molecule has 3 aromatic heterocycles. The van der Waals surface area contributed by atoms with Crippen LogP contribution in [0.5, 0.6) is 0 Å². The second-order valence-electron chi connectivity index (χ2n) is 7.66. The number of hydrogen-bond donors (Lipinski definition) is 5. The molecule has 0 aromatic carbocycles. The minimum Gasteiger partial charge on any atom is -0.450 e. The standard InChI is InChI=1S/C18H22N8O2.2CH2O3/c1-11(2)9-26-10-22-13-17(25-3-5-28-6-4-25)23-15(24-18(13)26)12-7-20-16(14(19)27)21-8-12;2*2-1(3)4/h7-8,10-11H,3-6,9H2,1-2H3,(H2,19,27);2*(H2,2,3,4). The van der Waals surface area contributed by atoms with Gasteiger partial charge in [-0.1, -0.05) is 13.8 Å². The molecule has 0 atom stereocenters. The smallest absolute Gasteiger partial charge is 0.450 e. The first-order valence-corrected chi connectivity index (χ1v) is 10.5. The Kier molecular flexibility index (Phi) is 9.79. The molecule has 4 heterocycles. The number of nitrogens with two attached hydrogens (primary N) is 1. The molecule has 4 rings (SSSR count). The Morgan fingerprint density at radius 1 is 1.00 bits per heavy atom. The fraction of sp³-hybridized carbons (Fsp3) is 0.400. The highest BCUT2D eigenvalue weighted by Gasteiger charge is 2.21. The van der Waals surface area contributed by atoms with Crippen LogP contribution in [0.25, 0.3) is 22.6 Å². The molecule has 0 saturated carbocycles. The number of amides is 1. The van der Waals surface area contributed by atoms with Crippen LogP contribution in [0.4, 0.5) is 15.4 Å². The molecule has 3 aromatic rings. The predicted molar refractivity (Wildman–Crippen MR) is 124 cm³/mol. The third-order valence-electron chi connectivity index (χ3n) is 4.45. The molecular formula is C20H26N8O8. The van der Waals surface area contributed by atoms with E-state index in [1.165, 1.54) is 12.4 Å². The molecule has 1 aliphatic heterocycles. The summed E-state index contributed by atoms with van der Waals surface area (Å²) in [6, 6.07) is 0. The van der Waals surface area contributed by atoms with Gasteiger partial charge in [-0.3, -0.25) is 4.79 Å². The first-order valence-electron chi connectivity index (χ1n) is 10.5. The van der Waals surface area contributed by atoms with Gasteiger partial charge in [-0.15, -0.1) is 0 Å². The summed E-state index contributed by atoms with van der Waals surface area (Å²) in [7, 11) is 0. The van der Waals surface area contributed by atoms with Gasteiger partial charge in [-0.05, 0) is 5.92 Å². The van der Waals surface area contributed by atoms with Crippen LogP contribution in [0.3, 0.4) is 0 Å². The average Bonchev–Trinajstić information content (AvgIpc) is 3.20. The summed E-state index contributed by atoms with van der Waals surface area (Å²) >= 11 is 0. The van der Waals surface area contributed by atoms with Crippen molar-refractivity contribution in [3.8, 4) is 11.4 Å². The minimum absolute atomic E-state index is 0.0388. The van der Waals surface area contributed by atoms with Gasteiger partial charge in [-0.2, -0.15) is 0 Å². The van der Waals surface area contributed by atoms with E-state index in [2.05, 4.69) is 33.7 Å². The largest absolute Gasteiger partial charge is 0.503 e. The average molecular weight is 506 g/mol. The van der Waals surface area contributed by atoms with Gasteiger partial charge in [0, 0.05) is 32.0 Å². The van der Waals surface area contributed by atoms with Crippen molar-refractivity contribution in [2.24, 2.45) is 11.7 Å². The Balaban J connectivity index is 0.000000501. The number of nitrogens with zero attached hydrogens (tertiary/aromatic N) is 7. The molecule has 1 amide bonds. The fourth-order valence-electron chi connectivity index (χ4n) is 3.15. The van der Waals surface area contributed by atoms with Gasteiger partial charge in [0.05, 0.1) is 25.1 Å². The van der Waals surface area contributed by atoms with Crippen molar-refractivity contribution in [2.75, 3.05) is 31.2 Å². The monoisotopic (exact) mass is 506 g/mol. The maximum Gasteiger partial charge on any atom is 0.503 e. The Hall–Kier alpha value is -4.60. The lowest BCUT2D eigenvalue weighted by Crippen LogP contribution is -2.37. The summed E-state index contributed by atoms with van der Waals surface area (Å²) in [5, 5.41) is 27.9. The van der Waals surface area contributed by atoms with E-state index in [9.17, 15) is 4.79 Å². The molecule has 0 spiro atoms. The second-order valence-corrected chi connectivity index (χ2v) is 7.66. The number of carbonyl (C=O) groups excluding carboxylic acids is 1. The topological polar surface area (TPSA) is 240 Å². The highest BCUT2D eigenvalue weighted by molar-refractivity contribution is 5.89. The van der Waals surface area contributed by atoms with E-state index >= 15 is 0 Å². The molecule has 1 aliphatic rings. The molecule has 0 unspecified atom stereocenters. The van der Waals surface area contributed by atoms with Crippen LogP contribution in [-0.2, 0) is 11.3 Å². The van der Waals surface area contributed by atoms with Crippen molar-refractivity contribution in [1.29, 1.82) is 0 Å². The number of carboxylic acid groups (broad SMARTS) is 4. The fourth-order valence-corrected chi connectivity index (χ4v) is 3.15. The van der Waals surface area contributed by atoms with E-state index in [-0.39, 0.29) is 5.82 Å². The van der Waals surface area contributed by atoms with Gasteiger partial charge in [0.1, 0.15) is 0 Å². The van der Waals surface area contributed by atoms with Crippen molar-refractivity contribution >= 4 is 35.2 Å². The number of aromatic nitrogens is 6. The molecule has 1 fully saturated rings. The van der Waals surface area contributed by atoms with Gasteiger partial charge >= 0.3 is 12.3 Å². The maximum absolute atomic E-state index is 11.2. The second kappa shape index (κ2) is 12.7. The number of carbonyl (C=O) groups is 3. The van der Waals surface area contributed by atoms with Crippen LogP contribution in [0.15, 0.2) is 18.7 Å². The lowest BCUT2D eigenvalue weighted by molar-refractivity contribution is 0.0989. The molecule has 0 aliphatic carbocycles. The van der Waals surface area contributed by atoms with Gasteiger partial charge in [0.25, 0.3) is 5.91 Å². The summed E-state index contributed by atoms with van der Waals surface area (Å²) in [6.07, 6.45) is 1.17. The summed E-state index contributed by atoms with van der Waals surface area (Å²) in [5.41, 5.74) is 7.36. The van der Waals surface area contributed by atoms with Gasteiger partial charge in [0.2, 0.25) is 5.82 Å². The number of ether oxygens (including phenoxy) is 1. The summed E-state index contributed by atoms with van der Waals surface area (Å²) in [6.45, 7) is 7.85. The highest BCUT2D eigenvalue weighted by Crippen LogP contribution is 2.27. The minimum atomic E-state index is -1.83. The molecular weight excluding hydrogens is 480 g/mol. The molecule has 16 nitrogen and oxygen atoms in total. The number of fused-ring (bicyclic) bond motifs is 1. The quantitative estimate of drug-likeness (QED) is 0.328.